The summed E-state index contributed by atoms with van der Waals surface area (Å²) >= 11 is 1.61. The molecule has 1 amide bonds. The van der Waals surface area contributed by atoms with E-state index in [1.165, 1.54) is 0 Å². The molecule has 9 heteroatoms. The van der Waals surface area contributed by atoms with Gasteiger partial charge in [0.15, 0.2) is 10.8 Å². The number of carbonyl (C=O) groups is 1. The van der Waals surface area contributed by atoms with E-state index in [2.05, 4.69) is 53.4 Å². The molecule has 8 nitrogen and oxygen atoms in total. The maximum Gasteiger partial charge on any atom is 0.407 e. The maximum absolute atomic E-state index is 11.4. The summed E-state index contributed by atoms with van der Waals surface area (Å²) in [5, 5.41) is 12.4. The molecular formula is C16H26N6O2S. The minimum Gasteiger partial charge on any atom is -0.450 e. The SMILES string of the molecule is CCOC(=O)NCCn1ncc2c(NC(C)C)nc(SC(C)C)nc21. The van der Waals surface area contributed by atoms with Crippen LogP contribution < -0.4 is 10.6 Å². The second-order valence-electron chi connectivity index (χ2n) is 6.07. The van der Waals surface area contributed by atoms with Crippen molar-refractivity contribution in [2.24, 2.45) is 0 Å². The van der Waals surface area contributed by atoms with E-state index >= 15 is 0 Å². The number of anilines is 1. The number of rotatable bonds is 8. The van der Waals surface area contributed by atoms with E-state index in [-0.39, 0.29) is 6.04 Å². The van der Waals surface area contributed by atoms with E-state index in [9.17, 15) is 4.79 Å². The van der Waals surface area contributed by atoms with Crippen LogP contribution >= 0.6 is 11.8 Å². The standard InChI is InChI=1S/C16H26N6O2S/c1-6-24-16(23)17-7-8-22-14-12(9-18-22)13(19-10(2)3)20-15(21-14)25-11(4)5/h9-11H,6-8H2,1-5H3,(H,17,23)(H,19,20,21). The van der Waals surface area contributed by atoms with Gasteiger partial charge in [0.2, 0.25) is 0 Å². The van der Waals surface area contributed by atoms with Gasteiger partial charge in [-0.1, -0.05) is 25.6 Å². The minimum absolute atomic E-state index is 0.254. The molecular weight excluding hydrogens is 340 g/mol. The molecule has 0 atom stereocenters. The van der Waals surface area contributed by atoms with Crippen LogP contribution in [0.5, 0.6) is 0 Å². The van der Waals surface area contributed by atoms with Gasteiger partial charge in [0.05, 0.1) is 24.7 Å². The quantitative estimate of drug-likeness (QED) is 0.548. The lowest BCUT2D eigenvalue weighted by molar-refractivity contribution is 0.152. The summed E-state index contributed by atoms with van der Waals surface area (Å²) < 4.78 is 6.63. The lowest BCUT2D eigenvalue weighted by Gasteiger charge is -2.12. The molecule has 0 aliphatic carbocycles. The van der Waals surface area contributed by atoms with Gasteiger partial charge in [-0.25, -0.2) is 19.4 Å². The van der Waals surface area contributed by atoms with Crippen molar-refractivity contribution < 1.29 is 9.53 Å². The second-order valence-corrected chi connectivity index (χ2v) is 7.62. The highest BCUT2D eigenvalue weighted by atomic mass is 32.2. The Hall–Kier alpha value is -2.03. The molecule has 2 aromatic rings. The van der Waals surface area contributed by atoms with Crippen molar-refractivity contribution in [1.29, 1.82) is 0 Å². The fraction of sp³-hybridized carbons (Fsp3) is 0.625. The highest BCUT2D eigenvalue weighted by Crippen LogP contribution is 2.26. The van der Waals surface area contributed by atoms with E-state index in [4.69, 9.17) is 4.74 Å². The Labute approximate surface area is 152 Å². The van der Waals surface area contributed by atoms with Crippen LogP contribution in [-0.2, 0) is 11.3 Å². The third kappa shape index (κ3) is 5.48. The first-order chi connectivity index (χ1) is 11.9. The number of ether oxygens (including phenoxy) is 1. The van der Waals surface area contributed by atoms with Crippen molar-refractivity contribution in [1.82, 2.24) is 25.1 Å². The number of thioether (sulfide) groups is 1. The number of alkyl carbamates (subject to hydrolysis) is 1. The zero-order valence-corrected chi connectivity index (χ0v) is 16.2. The van der Waals surface area contributed by atoms with Crippen molar-refractivity contribution in [2.45, 2.75) is 57.6 Å². The molecule has 0 aromatic carbocycles. The fourth-order valence-corrected chi connectivity index (χ4v) is 2.90. The van der Waals surface area contributed by atoms with Crippen molar-refractivity contribution in [3.8, 4) is 0 Å². The molecule has 138 valence electrons. The predicted molar refractivity (Wildman–Crippen MR) is 100 cm³/mol. The summed E-state index contributed by atoms with van der Waals surface area (Å²) in [6.07, 6.45) is 1.33. The molecule has 0 aliphatic heterocycles. The summed E-state index contributed by atoms with van der Waals surface area (Å²) in [4.78, 5) is 20.7. The first kappa shape index (κ1) is 19.3. The van der Waals surface area contributed by atoms with Gasteiger partial charge in [0.1, 0.15) is 5.82 Å². The van der Waals surface area contributed by atoms with Gasteiger partial charge in [-0.15, -0.1) is 0 Å². The van der Waals surface area contributed by atoms with E-state index in [1.54, 1.807) is 29.6 Å². The van der Waals surface area contributed by atoms with Crippen LogP contribution in [0.2, 0.25) is 0 Å². The topological polar surface area (TPSA) is 94.0 Å². The number of hydrogen-bond acceptors (Lipinski definition) is 7. The normalized spacial score (nSPS) is 11.3. The van der Waals surface area contributed by atoms with Gasteiger partial charge in [-0.3, -0.25) is 0 Å². The molecule has 2 heterocycles. The Morgan fingerprint density at radius 1 is 1.32 bits per heavy atom. The Kier molecular flexibility index (Phi) is 6.86. The van der Waals surface area contributed by atoms with Crippen LogP contribution in [0.3, 0.4) is 0 Å². The molecule has 0 spiro atoms. The first-order valence-electron chi connectivity index (χ1n) is 8.48. The van der Waals surface area contributed by atoms with Crippen LogP contribution in [0, 0.1) is 0 Å². The van der Waals surface area contributed by atoms with Crippen molar-refractivity contribution in [3.63, 3.8) is 0 Å². The molecule has 0 fully saturated rings. The van der Waals surface area contributed by atoms with Crippen LogP contribution in [0.4, 0.5) is 10.6 Å². The number of nitrogens with zero attached hydrogens (tertiary/aromatic N) is 4. The number of hydrogen-bond donors (Lipinski definition) is 2. The third-order valence-corrected chi connectivity index (χ3v) is 3.98. The Bertz CT molecular complexity index is 716. The lowest BCUT2D eigenvalue weighted by atomic mass is 10.3. The van der Waals surface area contributed by atoms with E-state index < -0.39 is 6.09 Å². The molecule has 2 rings (SSSR count). The third-order valence-electron chi connectivity index (χ3n) is 3.11. The van der Waals surface area contributed by atoms with Gasteiger partial charge in [0, 0.05) is 17.8 Å². The predicted octanol–water partition coefficient (Wildman–Crippen LogP) is 2.89. The Morgan fingerprint density at radius 2 is 2.08 bits per heavy atom. The molecule has 0 radical (unpaired) electrons. The van der Waals surface area contributed by atoms with Gasteiger partial charge < -0.3 is 15.4 Å². The number of carbonyl (C=O) groups excluding carboxylic acids is 1. The van der Waals surface area contributed by atoms with Crippen molar-refractivity contribution >= 4 is 34.7 Å². The number of nitrogens with one attached hydrogen (secondary N) is 2. The second kappa shape index (κ2) is 8.89. The van der Waals surface area contributed by atoms with Crippen molar-refractivity contribution in [2.75, 3.05) is 18.5 Å². The monoisotopic (exact) mass is 366 g/mol. The molecule has 0 unspecified atom stereocenters. The first-order valence-corrected chi connectivity index (χ1v) is 9.36. The summed E-state index contributed by atoms with van der Waals surface area (Å²) in [5.41, 5.74) is 0.756. The Morgan fingerprint density at radius 3 is 2.72 bits per heavy atom. The Balaban J connectivity index is 2.24. The molecule has 0 bridgehead atoms. The van der Waals surface area contributed by atoms with Gasteiger partial charge >= 0.3 is 6.09 Å². The molecule has 0 saturated heterocycles. The summed E-state index contributed by atoms with van der Waals surface area (Å²) in [7, 11) is 0. The van der Waals surface area contributed by atoms with Gasteiger partial charge in [-0.05, 0) is 20.8 Å². The molecule has 2 aromatic heterocycles. The lowest BCUT2D eigenvalue weighted by Crippen LogP contribution is -2.28. The summed E-state index contributed by atoms with van der Waals surface area (Å²) in [5.74, 6) is 0.785. The molecule has 25 heavy (non-hydrogen) atoms. The average molecular weight is 366 g/mol. The van der Waals surface area contributed by atoms with Crippen LogP contribution in [-0.4, -0.2) is 50.3 Å². The summed E-state index contributed by atoms with van der Waals surface area (Å²) in [6, 6.07) is 0.254. The highest BCUT2D eigenvalue weighted by molar-refractivity contribution is 7.99. The van der Waals surface area contributed by atoms with Gasteiger partial charge in [-0.2, -0.15) is 5.10 Å². The van der Waals surface area contributed by atoms with Crippen molar-refractivity contribution in [3.05, 3.63) is 6.20 Å². The van der Waals surface area contributed by atoms with Gasteiger partial charge in [0.25, 0.3) is 0 Å². The largest absolute Gasteiger partial charge is 0.450 e. The van der Waals surface area contributed by atoms with E-state index in [0.717, 1.165) is 16.9 Å². The molecule has 0 saturated carbocycles. The van der Waals surface area contributed by atoms with Crippen LogP contribution in [0.15, 0.2) is 11.4 Å². The summed E-state index contributed by atoms with van der Waals surface area (Å²) in [6.45, 7) is 11.4. The smallest absolute Gasteiger partial charge is 0.407 e. The minimum atomic E-state index is -0.424. The zero-order chi connectivity index (χ0) is 18.4. The van der Waals surface area contributed by atoms with Crippen LogP contribution in [0.25, 0.3) is 11.0 Å². The average Bonchev–Trinajstić information content (AvgIpc) is 2.90. The van der Waals surface area contributed by atoms with Crippen LogP contribution in [0.1, 0.15) is 34.6 Å². The maximum atomic E-state index is 11.4. The highest BCUT2D eigenvalue weighted by Gasteiger charge is 2.15. The fourth-order valence-electron chi connectivity index (χ4n) is 2.19. The molecule has 2 N–H and O–H groups in total. The van der Waals surface area contributed by atoms with E-state index in [1.807, 2.05) is 0 Å². The zero-order valence-electron chi connectivity index (χ0n) is 15.4. The number of aromatic nitrogens is 4. The number of fused-ring (bicyclic) bond motifs is 1. The van der Waals surface area contributed by atoms with E-state index in [0.29, 0.717) is 30.1 Å². The molecule has 0 aliphatic rings. The number of amides is 1.